The molecule has 0 aliphatic rings. The minimum absolute atomic E-state index is 0.209. The highest BCUT2D eigenvalue weighted by molar-refractivity contribution is 5.96. The minimum Gasteiger partial charge on any atom is -0.494 e. The topological polar surface area (TPSA) is 98.2 Å². The Labute approximate surface area is 169 Å². The van der Waals surface area contributed by atoms with E-state index < -0.39 is 5.91 Å². The Kier molecular flexibility index (Phi) is 8.50. The summed E-state index contributed by atoms with van der Waals surface area (Å²) in [5.41, 5.74) is 3.44. The monoisotopic (exact) mass is 399 g/mol. The lowest BCUT2D eigenvalue weighted by atomic mass is 10.2. The SMILES string of the molecule is CCCOc1ccc(C(=O)NCC(=O)N/N=C/c2cccc(OC)c2OC)cc1. The molecule has 0 fully saturated rings. The van der Waals surface area contributed by atoms with Crippen LogP contribution < -0.4 is 25.0 Å². The van der Waals surface area contributed by atoms with E-state index in [-0.39, 0.29) is 12.5 Å². The third kappa shape index (κ3) is 6.53. The number of hydrogen-bond acceptors (Lipinski definition) is 6. The van der Waals surface area contributed by atoms with Gasteiger partial charge in [-0.3, -0.25) is 9.59 Å². The molecule has 0 spiro atoms. The molecule has 8 heteroatoms. The number of hydrogen-bond donors (Lipinski definition) is 2. The number of amides is 2. The number of para-hydroxylation sites is 1. The minimum atomic E-state index is -0.459. The van der Waals surface area contributed by atoms with Gasteiger partial charge in [0.1, 0.15) is 5.75 Å². The van der Waals surface area contributed by atoms with Gasteiger partial charge in [-0.15, -0.1) is 0 Å². The van der Waals surface area contributed by atoms with Crippen LogP contribution in [-0.4, -0.2) is 45.4 Å². The van der Waals surface area contributed by atoms with Crippen molar-refractivity contribution in [2.45, 2.75) is 13.3 Å². The summed E-state index contributed by atoms with van der Waals surface area (Å²) in [5.74, 6) is 0.942. The molecule has 0 aliphatic carbocycles. The summed E-state index contributed by atoms with van der Waals surface area (Å²) in [6, 6.07) is 12.0. The van der Waals surface area contributed by atoms with Crippen molar-refractivity contribution in [3.05, 3.63) is 53.6 Å². The van der Waals surface area contributed by atoms with Gasteiger partial charge in [0.2, 0.25) is 0 Å². The van der Waals surface area contributed by atoms with Crippen LogP contribution in [0.1, 0.15) is 29.3 Å². The molecule has 0 aromatic heterocycles. The Bertz CT molecular complexity index is 850. The molecule has 2 rings (SSSR count). The summed E-state index contributed by atoms with van der Waals surface area (Å²) < 4.78 is 16.0. The largest absolute Gasteiger partial charge is 0.494 e. The van der Waals surface area contributed by atoms with Gasteiger partial charge >= 0.3 is 0 Å². The highest BCUT2D eigenvalue weighted by atomic mass is 16.5. The van der Waals surface area contributed by atoms with Gasteiger partial charge in [-0.2, -0.15) is 5.10 Å². The molecular weight excluding hydrogens is 374 g/mol. The fourth-order valence-corrected chi connectivity index (χ4v) is 2.41. The number of nitrogens with zero attached hydrogens (tertiary/aromatic N) is 1. The highest BCUT2D eigenvalue weighted by Gasteiger charge is 2.09. The second kappa shape index (κ2) is 11.3. The normalized spacial score (nSPS) is 10.4. The van der Waals surface area contributed by atoms with E-state index in [0.717, 1.165) is 6.42 Å². The van der Waals surface area contributed by atoms with Crippen LogP contribution in [-0.2, 0) is 4.79 Å². The van der Waals surface area contributed by atoms with E-state index in [0.29, 0.717) is 35.0 Å². The van der Waals surface area contributed by atoms with E-state index in [2.05, 4.69) is 15.8 Å². The zero-order chi connectivity index (χ0) is 21.1. The van der Waals surface area contributed by atoms with Crippen molar-refractivity contribution in [1.29, 1.82) is 0 Å². The number of rotatable bonds is 10. The summed E-state index contributed by atoms with van der Waals surface area (Å²) in [6.07, 6.45) is 2.35. The zero-order valence-corrected chi connectivity index (χ0v) is 16.7. The van der Waals surface area contributed by atoms with Gasteiger partial charge < -0.3 is 19.5 Å². The summed E-state index contributed by atoms with van der Waals surface area (Å²) in [6.45, 7) is 2.43. The third-order valence-electron chi connectivity index (χ3n) is 3.83. The number of carbonyl (C=O) groups is 2. The molecular formula is C21H25N3O5. The molecule has 0 aliphatic heterocycles. The molecule has 154 valence electrons. The van der Waals surface area contributed by atoms with Crippen LogP contribution >= 0.6 is 0 Å². The maximum Gasteiger partial charge on any atom is 0.259 e. The molecule has 0 heterocycles. The Morgan fingerprint density at radius 1 is 1.07 bits per heavy atom. The van der Waals surface area contributed by atoms with Gasteiger partial charge in [0.15, 0.2) is 11.5 Å². The Balaban J connectivity index is 1.84. The van der Waals surface area contributed by atoms with Gasteiger partial charge in [-0.1, -0.05) is 13.0 Å². The van der Waals surface area contributed by atoms with Crippen LogP contribution in [0.2, 0.25) is 0 Å². The van der Waals surface area contributed by atoms with E-state index >= 15 is 0 Å². The molecule has 0 bridgehead atoms. The molecule has 8 nitrogen and oxygen atoms in total. The predicted molar refractivity (Wildman–Crippen MR) is 110 cm³/mol. The van der Waals surface area contributed by atoms with Gasteiger partial charge in [-0.05, 0) is 42.8 Å². The lowest BCUT2D eigenvalue weighted by Crippen LogP contribution is -2.34. The van der Waals surface area contributed by atoms with Crippen molar-refractivity contribution in [2.75, 3.05) is 27.4 Å². The van der Waals surface area contributed by atoms with Crippen molar-refractivity contribution in [2.24, 2.45) is 5.10 Å². The van der Waals surface area contributed by atoms with Crippen molar-refractivity contribution in [3.63, 3.8) is 0 Å². The van der Waals surface area contributed by atoms with Crippen LogP contribution in [0.5, 0.6) is 17.2 Å². The van der Waals surface area contributed by atoms with Gasteiger partial charge in [-0.25, -0.2) is 5.43 Å². The maximum absolute atomic E-state index is 12.1. The fourth-order valence-electron chi connectivity index (χ4n) is 2.41. The number of nitrogens with one attached hydrogen (secondary N) is 2. The molecule has 2 aromatic carbocycles. The Hall–Kier alpha value is -3.55. The smallest absolute Gasteiger partial charge is 0.259 e. The van der Waals surface area contributed by atoms with Gasteiger partial charge in [0.25, 0.3) is 11.8 Å². The number of ether oxygens (including phenoxy) is 3. The molecule has 0 saturated carbocycles. The lowest BCUT2D eigenvalue weighted by Gasteiger charge is -2.09. The van der Waals surface area contributed by atoms with Crippen LogP contribution in [0.3, 0.4) is 0 Å². The van der Waals surface area contributed by atoms with Crippen LogP contribution in [0.25, 0.3) is 0 Å². The number of hydrazone groups is 1. The third-order valence-corrected chi connectivity index (χ3v) is 3.83. The Morgan fingerprint density at radius 2 is 1.83 bits per heavy atom. The first kappa shape index (κ1) is 21.7. The predicted octanol–water partition coefficient (Wildman–Crippen LogP) is 2.37. The van der Waals surface area contributed by atoms with E-state index in [4.69, 9.17) is 14.2 Å². The second-order valence-electron chi connectivity index (χ2n) is 5.93. The van der Waals surface area contributed by atoms with E-state index in [1.54, 1.807) is 42.5 Å². The van der Waals surface area contributed by atoms with E-state index in [9.17, 15) is 9.59 Å². The zero-order valence-electron chi connectivity index (χ0n) is 16.7. The first-order chi connectivity index (χ1) is 14.1. The average molecular weight is 399 g/mol. The van der Waals surface area contributed by atoms with Crippen molar-refractivity contribution in [1.82, 2.24) is 10.7 Å². The first-order valence-electron chi connectivity index (χ1n) is 9.13. The van der Waals surface area contributed by atoms with Crippen molar-refractivity contribution < 1.29 is 23.8 Å². The average Bonchev–Trinajstić information content (AvgIpc) is 2.76. The maximum atomic E-state index is 12.1. The standard InChI is InChI=1S/C21H25N3O5/c1-4-12-29-17-10-8-15(9-11-17)21(26)22-14-19(25)24-23-13-16-6-5-7-18(27-2)20(16)28-3/h5-11,13H,4,12,14H2,1-3H3,(H,22,26)(H,24,25)/b23-13+. The molecule has 0 unspecified atom stereocenters. The molecule has 2 aromatic rings. The molecule has 2 amide bonds. The highest BCUT2D eigenvalue weighted by Crippen LogP contribution is 2.29. The molecule has 0 saturated heterocycles. The van der Waals surface area contributed by atoms with Gasteiger partial charge in [0, 0.05) is 11.1 Å². The number of methoxy groups -OCH3 is 2. The lowest BCUT2D eigenvalue weighted by molar-refractivity contribution is -0.120. The number of carbonyl (C=O) groups excluding carboxylic acids is 2. The molecule has 0 radical (unpaired) electrons. The quantitative estimate of drug-likeness (QED) is 0.472. The van der Waals surface area contributed by atoms with Crippen LogP contribution in [0.15, 0.2) is 47.6 Å². The Morgan fingerprint density at radius 3 is 2.48 bits per heavy atom. The molecule has 2 N–H and O–H groups in total. The molecule has 29 heavy (non-hydrogen) atoms. The number of benzene rings is 2. The molecule has 0 atom stereocenters. The summed E-state index contributed by atoms with van der Waals surface area (Å²) in [7, 11) is 3.06. The summed E-state index contributed by atoms with van der Waals surface area (Å²) in [4.78, 5) is 24.0. The van der Waals surface area contributed by atoms with Crippen molar-refractivity contribution >= 4 is 18.0 Å². The van der Waals surface area contributed by atoms with Crippen LogP contribution in [0.4, 0.5) is 0 Å². The van der Waals surface area contributed by atoms with E-state index in [1.165, 1.54) is 20.4 Å². The summed E-state index contributed by atoms with van der Waals surface area (Å²) in [5, 5.41) is 6.43. The first-order valence-corrected chi connectivity index (χ1v) is 9.13. The van der Waals surface area contributed by atoms with Crippen LogP contribution in [0, 0.1) is 0 Å². The fraction of sp³-hybridized carbons (Fsp3) is 0.286. The second-order valence-corrected chi connectivity index (χ2v) is 5.93. The van der Waals surface area contributed by atoms with Gasteiger partial charge in [0.05, 0.1) is 33.6 Å². The van der Waals surface area contributed by atoms with E-state index in [1.807, 2.05) is 6.92 Å². The summed E-state index contributed by atoms with van der Waals surface area (Å²) >= 11 is 0. The van der Waals surface area contributed by atoms with Crippen molar-refractivity contribution in [3.8, 4) is 17.2 Å².